The normalized spacial score (nSPS) is 14.8. The predicted octanol–water partition coefficient (Wildman–Crippen LogP) is 4.61. The van der Waals surface area contributed by atoms with Gasteiger partial charge in [-0.3, -0.25) is 0 Å². The number of halogens is 1. The Labute approximate surface area is 95.2 Å². The third-order valence-corrected chi connectivity index (χ3v) is 3.23. The third kappa shape index (κ3) is 2.71. The van der Waals surface area contributed by atoms with Crippen LogP contribution in [0.15, 0.2) is 30.8 Å². The van der Waals surface area contributed by atoms with Crippen molar-refractivity contribution in [2.45, 2.75) is 31.0 Å². The summed E-state index contributed by atoms with van der Waals surface area (Å²) in [4.78, 5) is 0.530. The van der Waals surface area contributed by atoms with Crippen molar-refractivity contribution in [3.63, 3.8) is 0 Å². The lowest BCUT2D eigenvalue weighted by molar-refractivity contribution is 0.663. The third-order valence-electron chi connectivity index (χ3n) is 2.59. The first-order valence-corrected chi connectivity index (χ1v) is 5.97. The average molecular weight is 253 g/mol. The summed E-state index contributed by atoms with van der Waals surface area (Å²) in [6.45, 7) is 8.18. The van der Waals surface area contributed by atoms with E-state index in [1.807, 2.05) is 6.08 Å². The van der Waals surface area contributed by atoms with E-state index in [0.717, 1.165) is 0 Å². The van der Waals surface area contributed by atoms with E-state index in [1.54, 1.807) is 0 Å². The van der Waals surface area contributed by atoms with Crippen LogP contribution >= 0.6 is 15.9 Å². The van der Waals surface area contributed by atoms with E-state index in [4.69, 9.17) is 0 Å². The van der Waals surface area contributed by atoms with Gasteiger partial charge in [0.1, 0.15) is 0 Å². The lowest BCUT2D eigenvalue weighted by Crippen LogP contribution is -2.07. The van der Waals surface area contributed by atoms with Gasteiger partial charge in [-0.05, 0) is 23.5 Å². The molecule has 14 heavy (non-hydrogen) atoms. The summed E-state index contributed by atoms with van der Waals surface area (Å²) in [5.41, 5.74) is 2.59. The van der Waals surface area contributed by atoms with Crippen LogP contribution in [0.5, 0.6) is 0 Å². The van der Waals surface area contributed by atoms with E-state index >= 15 is 0 Å². The van der Waals surface area contributed by atoms with Crippen LogP contribution in [0.25, 0.3) is 6.08 Å². The summed E-state index contributed by atoms with van der Waals surface area (Å²) in [5.74, 6) is 0.605. The van der Waals surface area contributed by atoms with Gasteiger partial charge in [-0.15, -0.1) is 0 Å². The molecule has 0 saturated heterocycles. The summed E-state index contributed by atoms with van der Waals surface area (Å²) in [6.07, 6.45) is 3.04. The average Bonchev–Trinajstić information content (AvgIpc) is 2.19. The molecule has 0 aromatic heterocycles. The molecule has 0 radical (unpaired) electrons. The first kappa shape index (κ1) is 11.5. The summed E-state index contributed by atoms with van der Waals surface area (Å²) in [7, 11) is 0. The molecular weight excluding hydrogens is 236 g/mol. The number of hydrogen-bond acceptors (Lipinski definition) is 0. The van der Waals surface area contributed by atoms with Crippen LogP contribution in [0.4, 0.5) is 0 Å². The number of rotatable bonds is 4. The van der Waals surface area contributed by atoms with Crippen LogP contribution in [-0.4, -0.2) is 4.83 Å². The van der Waals surface area contributed by atoms with E-state index in [2.05, 4.69) is 60.6 Å². The minimum Gasteiger partial charge on any atom is -0.0985 e. The summed E-state index contributed by atoms with van der Waals surface area (Å²) >= 11 is 3.65. The molecule has 0 aliphatic rings. The van der Waals surface area contributed by atoms with Crippen molar-refractivity contribution in [2.24, 2.45) is 0 Å². The van der Waals surface area contributed by atoms with Crippen LogP contribution in [0, 0.1) is 0 Å². The highest BCUT2D eigenvalue weighted by Gasteiger charge is 2.14. The Morgan fingerprint density at radius 2 is 1.93 bits per heavy atom. The van der Waals surface area contributed by atoms with Gasteiger partial charge in [0.25, 0.3) is 0 Å². The van der Waals surface area contributed by atoms with Crippen molar-refractivity contribution in [1.29, 1.82) is 0 Å². The van der Waals surface area contributed by atoms with Gasteiger partial charge in [0, 0.05) is 4.83 Å². The second-order valence-electron chi connectivity index (χ2n) is 3.56. The maximum Gasteiger partial charge on any atom is 0.0186 e. The smallest absolute Gasteiger partial charge is 0.0186 e. The fourth-order valence-electron chi connectivity index (χ4n) is 1.70. The Bertz CT molecular complexity index is 285. The van der Waals surface area contributed by atoms with Crippen molar-refractivity contribution < 1.29 is 0 Å². The van der Waals surface area contributed by atoms with Crippen LogP contribution in [0.3, 0.4) is 0 Å². The van der Waals surface area contributed by atoms with Crippen LogP contribution in [0.2, 0.25) is 0 Å². The lowest BCUT2D eigenvalue weighted by atomic mass is 9.93. The molecule has 0 heterocycles. The standard InChI is InChI=1S/C13H17Br/c1-4-11-6-8-12(9-7-11)13(5-2)10(3)14/h4,6-10,13H,1,5H2,2-3H3. The monoisotopic (exact) mass is 252 g/mol. The minimum absolute atomic E-state index is 0.530. The maximum atomic E-state index is 3.75. The zero-order valence-corrected chi connectivity index (χ0v) is 10.4. The molecule has 2 unspecified atom stereocenters. The van der Waals surface area contributed by atoms with Crippen molar-refractivity contribution >= 4 is 22.0 Å². The molecule has 0 spiro atoms. The molecule has 0 fully saturated rings. The Hall–Kier alpha value is -0.560. The zero-order chi connectivity index (χ0) is 10.6. The highest BCUT2D eigenvalue weighted by Crippen LogP contribution is 2.28. The van der Waals surface area contributed by atoms with Gasteiger partial charge in [-0.2, -0.15) is 0 Å². The molecule has 0 amide bonds. The predicted molar refractivity (Wildman–Crippen MR) is 68.0 cm³/mol. The Kier molecular flexibility index (Phi) is 4.40. The molecule has 1 aromatic carbocycles. The van der Waals surface area contributed by atoms with Crippen LogP contribution in [-0.2, 0) is 0 Å². The molecule has 0 bridgehead atoms. The van der Waals surface area contributed by atoms with Crippen LogP contribution < -0.4 is 0 Å². The maximum absolute atomic E-state index is 3.75. The van der Waals surface area contributed by atoms with Crippen LogP contribution in [0.1, 0.15) is 37.3 Å². The van der Waals surface area contributed by atoms with E-state index in [0.29, 0.717) is 10.7 Å². The van der Waals surface area contributed by atoms with Gasteiger partial charge in [0.15, 0.2) is 0 Å². The minimum atomic E-state index is 0.530. The quantitative estimate of drug-likeness (QED) is 0.687. The molecule has 76 valence electrons. The highest BCUT2D eigenvalue weighted by atomic mass is 79.9. The molecule has 0 nitrogen and oxygen atoms in total. The highest BCUT2D eigenvalue weighted by molar-refractivity contribution is 9.09. The van der Waals surface area contributed by atoms with Gasteiger partial charge in [0.05, 0.1) is 0 Å². The lowest BCUT2D eigenvalue weighted by Gasteiger charge is -2.18. The molecule has 1 aromatic rings. The number of hydrogen-bond donors (Lipinski definition) is 0. The largest absolute Gasteiger partial charge is 0.0985 e. The van der Waals surface area contributed by atoms with Gasteiger partial charge in [-0.1, -0.05) is 66.7 Å². The van der Waals surface area contributed by atoms with Crippen molar-refractivity contribution in [3.8, 4) is 0 Å². The summed E-state index contributed by atoms with van der Waals surface area (Å²) in [6, 6.07) is 8.65. The zero-order valence-electron chi connectivity index (χ0n) is 8.83. The summed E-state index contributed by atoms with van der Waals surface area (Å²) in [5, 5.41) is 0. The molecule has 0 N–H and O–H groups in total. The number of benzene rings is 1. The van der Waals surface area contributed by atoms with E-state index in [-0.39, 0.29) is 0 Å². The van der Waals surface area contributed by atoms with E-state index < -0.39 is 0 Å². The first-order chi connectivity index (χ1) is 6.69. The van der Waals surface area contributed by atoms with Gasteiger partial charge >= 0.3 is 0 Å². The Balaban J connectivity index is 2.89. The second kappa shape index (κ2) is 5.35. The molecule has 0 saturated carbocycles. The van der Waals surface area contributed by atoms with Crippen molar-refractivity contribution in [1.82, 2.24) is 0 Å². The molecule has 2 atom stereocenters. The molecule has 0 aliphatic heterocycles. The Morgan fingerprint density at radius 1 is 1.36 bits per heavy atom. The molecule has 1 heteroatoms. The fraction of sp³-hybridized carbons (Fsp3) is 0.385. The van der Waals surface area contributed by atoms with Gasteiger partial charge in [0.2, 0.25) is 0 Å². The Morgan fingerprint density at radius 3 is 2.29 bits per heavy atom. The van der Waals surface area contributed by atoms with E-state index in [9.17, 15) is 0 Å². The fourth-order valence-corrected chi connectivity index (χ4v) is 2.38. The molecule has 1 rings (SSSR count). The number of alkyl halides is 1. The van der Waals surface area contributed by atoms with E-state index in [1.165, 1.54) is 17.5 Å². The molecule has 0 aliphatic carbocycles. The second-order valence-corrected chi connectivity index (χ2v) is 5.01. The molecular formula is C13H17Br. The SMILES string of the molecule is C=Cc1ccc(C(CC)C(C)Br)cc1. The van der Waals surface area contributed by atoms with Crippen molar-refractivity contribution in [3.05, 3.63) is 42.0 Å². The topological polar surface area (TPSA) is 0 Å². The summed E-state index contributed by atoms with van der Waals surface area (Å²) < 4.78 is 0. The van der Waals surface area contributed by atoms with Gasteiger partial charge < -0.3 is 0 Å². The van der Waals surface area contributed by atoms with Crippen molar-refractivity contribution in [2.75, 3.05) is 0 Å². The first-order valence-electron chi connectivity index (χ1n) is 5.05. The van der Waals surface area contributed by atoms with Gasteiger partial charge in [-0.25, -0.2) is 0 Å².